The van der Waals surface area contributed by atoms with Gasteiger partial charge < -0.3 is 4.74 Å². The van der Waals surface area contributed by atoms with Gasteiger partial charge in [-0.15, -0.1) is 0 Å². The van der Waals surface area contributed by atoms with Crippen LogP contribution < -0.4 is 0 Å². The maximum absolute atomic E-state index is 10.5. The fourth-order valence-corrected chi connectivity index (χ4v) is 4.81. The van der Waals surface area contributed by atoms with Crippen LogP contribution >= 0.6 is 46.0 Å². The van der Waals surface area contributed by atoms with Crippen molar-refractivity contribution in [3.05, 3.63) is 0 Å². The summed E-state index contributed by atoms with van der Waals surface area (Å²) in [5, 5.41) is 1.04. The molecule has 0 aromatic rings. The van der Waals surface area contributed by atoms with Gasteiger partial charge in [0.05, 0.1) is 0 Å². The van der Waals surface area contributed by atoms with E-state index in [0.29, 0.717) is 6.61 Å². The Morgan fingerprint density at radius 3 is 3.00 bits per heavy atom. The molecule has 0 spiro atoms. The molecule has 82 valence electrons. The summed E-state index contributed by atoms with van der Waals surface area (Å²) in [7, 11) is 3.71. The summed E-state index contributed by atoms with van der Waals surface area (Å²) >= 11 is 6.35. The molecule has 0 saturated carbocycles. The van der Waals surface area contributed by atoms with E-state index in [1.807, 2.05) is 33.3 Å². The van der Waals surface area contributed by atoms with Gasteiger partial charge >= 0.3 is 5.97 Å². The van der Waals surface area contributed by atoms with E-state index in [0.717, 1.165) is 11.0 Å². The molecule has 2 nitrogen and oxygen atoms in total. The molecular formula is C8H14O2S4. The zero-order valence-corrected chi connectivity index (χ0v) is 11.3. The van der Waals surface area contributed by atoms with Crippen LogP contribution in [0.25, 0.3) is 0 Å². The number of rotatable bonds is 7. The maximum Gasteiger partial charge on any atom is 0.302 e. The highest BCUT2D eigenvalue weighted by Gasteiger charge is 2.22. The number of esters is 1. The molecule has 0 aliphatic carbocycles. The Hall–Kier alpha value is 0.870. The van der Waals surface area contributed by atoms with Gasteiger partial charge in [0.15, 0.2) is 0 Å². The highest BCUT2D eigenvalue weighted by atomic mass is 33.1. The van der Waals surface area contributed by atoms with Crippen molar-refractivity contribution in [1.29, 1.82) is 0 Å². The summed E-state index contributed by atoms with van der Waals surface area (Å²) < 4.78 is 4.85. The van der Waals surface area contributed by atoms with E-state index in [1.165, 1.54) is 18.4 Å². The average molecular weight is 270 g/mol. The van der Waals surface area contributed by atoms with E-state index in [4.69, 9.17) is 4.74 Å². The first-order valence-electron chi connectivity index (χ1n) is 4.36. The van der Waals surface area contributed by atoms with Gasteiger partial charge in [0.1, 0.15) is 6.61 Å². The molecule has 1 aliphatic rings. The standard InChI is InChI=1S/C8H14O2S4/c1-6(9)10-2-7(11)3-13-14-5-8-4-12-8/h7-8,11H,2-5H2,1H3. The molecule has 0 N–H and O–H groups in total. The van der Waals surface area contributed by atoms with Gasteiger partial charge in [0.2, 0.25) is 0 Å². The van der Waals surface area contributed by atoms with E-state index in [1.54, 1.807) is 0 Å². The predicted octanol–water partition coefficient (Wildman–Crippen LogP) is 2.34. The van der Waals surface area contributed by atoms with Gasteiger partial charge in [-0.1, -0.05) is 21.6 Å². The zero-order chi connectivity index (χ0) is 10.4. The van der Waals surface area contributed by atoms with Gasteiger partial charge in [-0.05, 0) is 0 Å². The molecule has 6 heteroatoms. The molecular weight excluding hydrogens is 256 g/mol. The van der Waals surface area contributed by atoms with Gasteiger partial charge in [-0.2, -0.15) is 24.4 Å². The number of thiol groups is 1. The van der Waals surface area contributed by atoms with Crippen molar-refractivity contribution in [2.75, 3.05) is 23.9 Å². The monoisotopic (exact) mass is 270 g/mol. The molecule has 0 aromatic carbocycles. The summed E-state index contributed by atoms with van der Waals surface area (Å²) in [5.41, 5.74) is 0. The third-order valence-electron chi connectivity index (χ3n) is 1.48. The molecule has 1 fully saturated rings. The fourth-order valence-electron chi connectivity index (χ4n) is 0.677. The molecule has 0 bridgehead atoms. The van der Waals surface area contributed by atoms with Crippen molar-refractivity contribution >= 4 is 51.9 Å². The first-order chi connectivity index (χ1) is 6.68. The zero-order valence-electron chi connectivity index (χ0n) is 7.97. The van der Waals surface area contributed by atoms with Gasteiger partial charge in [-0.25, -0.2) is 0 Å². The Kier molecular flexibility index (Phi) is 6.65. The largest absolute Gasteiger partial charge is 0.465 e. The van der Waals surface area contributed by atoms with Gasteiger partial charge in [-0.3, -0.25) is 4.79 Å². The number of thioether (sulfide) groups is 1. The lowest BCUT2D eigenvalue weighted by Crippen LogP contribution is -2.14. The fraction of sp³-hybridized carbons (Fsp3) is 0.875. The van der Waals surface area contributed by atoms with Crippen molar-refractivity contribution < 1.29 is 9.53 Å². The van der Waals surface area contributed by atoms with Crippen molar-refractivity contribution in [2.24, 2.45) is 0 Å². The lowest BCUT2D eigenvalue weighted by molar-refractivity contribution is -0.140. The summed E-state index contributed by atoms with van der Waals surface area (Å²) in [5.74, 6) is 3.25. The first-order valence-corrected chi connectivity index (χ1v) is 8.41. The topological polar surface area (TPSA) is 26.3 Å². The highest BCUT2D eigenvalue weighted by molar-refractivity contribution is 8.76. The Labute approximate surface area is 102 Å². The van der Waals surface area contributed by atoms with Crippen LogP contribution in [-0.2, 0) is 9.53 Å². The van der Waals surface area contributed by atoms with Crippen molar-refractivity contribution in [3.63, 3.8) is 0 Å². The molecule has 0 radical (unpaired) electrons. The van der Waals surface area contributed by atoms with Crippen LogP contribution in [0.3, 0.4) is 0 Å². The SMILES string of the molecule is CC(=O)OCC(S)CSSCC1CS1. The first kappa shape index (κ1) is 12.9. The predicted molar refractivity (Wildman–Crippen MR) is 70.6 cm³/mol. The molecule has 2 unspecified atom stereocenters. The van der Waals surface area contributed by atoms with E-state index < -0.39 is 0 Å². The smallest absolute Gasteiger partial charge is 0.302 e. The summed E-state index contributed by atoms with van der Waals surface area (Å²) in [4.78, 5) is 10.5. The lowest BCUT2D eigenvalue weighted by Gasteiger charge is -2.09. The number of carbonyl (C=O) groups is 1. The molecule has 14 heavy (non-hydrogen) atoms. The third kappa shape index (κ3) is 7.20. The number of hydrogen-bond donors (Lipinski definition) is 1. The van der Waals surface area contributed by atoms with E-state index >= 15 is 0 Å². The van der Waals surface area contributed by atoms with Crippen LogP contribution in [0.15, 0.2) is 0 Å². The summed E-state index contributed by atoms with van der Waals surface area (Å²) in [6, 6.07) is 0. The highest BCUT2D eigenvalue weighted by Crippen LogP contribution is 2.36. The third-order valence-corrected chi connectivity index (χ3v) is 5.80. The maximum atomic E-state index is 10.5. The van der Waals surface area contributed by atoms with E-state index in [9.17, 15) is 4.79 Å². The van der Waals surface area contributed by atoms with Gasteiger partial charge in [0.25, 0.3) is 0 Å². The second-order valence-corrected chi connectivity index (χ2v) is 7.60. The molecule has 1 aliphatic heterocycles. The molecule has 0 amide bonds. The summed E-state index contributed by atoms with van der Waals surface area (Å²) in [6.45, 7) is 1.84. The lowest BCUT2D eigenvalue weighted by atomic mass is 10.5. The molecule has 2 atom stereocenters. The average Bonchev–Trinajstić information content (AvgIpc) is 2.92. The molecule has 1 rings (SSSR count). The minimum absolute atomic E-state index is 0.156. The molecule has 1 heterocycles. The summed E-state index contributed by atoms with van der Waals surface area (Å²) in [6.07, 6.45) is 0. The Balaban J connectivity index is 1.85. The normalized spacial score (nSPS) is 21.7. The second-order valence-electron chi connectivity index (χ2n) is 2.98. The van der Waals surface area contributed by atoms with Crippen LogP contribution in [0.2, 0.25) is 0 Å². The van der Waals surface area contributed by atoms with Crippen LogP contribution in [0, 0.1) is 0 Å². The van der Waals surface area contributed by atoms with Gasteiger partial charge in [0, 0.05) is 34.7 Å². The number of hydrogen-bond acceptors (Lipinski definition) is 6. The molecule has 1 saturated heterocycles. The van der Waals surface area contributed by atoms with Crippen molar-refractivity contribution in [1.82, 2.24) is 0 Å². The number of ether oxygens (including phenoxy) is 1. The van der Waals surface area contributed by atoms with Crippen LogP contribution in [0.1, 0.15) is 6.92 Å². The Morgan fingerprint density at radius 2 is 2.43 bits per heavy atom. The quantitative estimate of drug-likeness (QED) is 0.252. The Morgan fingerprint density at radius 1 is 1.71 bits per heavy atom. The van der Waals surface area contributed by atoms with Crippen molar-refractivity contribution in [3.8, 4) is 0 Å². The molecule has 0 aromatic heterocycles. The second kappa shape index (κ2) is 7.19. The Bertz CT molecular complexity index is 184. The van der Waals surface area contributed by atoms with E-state index in [-0.39, 0.29) is 11.2 Å². The van der Waals surface area contributed by atoms with Crippen LogP contribution in [0.5, 0.6) is 0 Å². The minimum atomic E-state index is -0.226. The van der Waals surface area contributed by atoms with Crippen LogP contribution in [-0.4, -0.2) is 40.3 Å². The van der Waals surface area contributed by atoms with E-state index in [2.05, 4.69) is 12.6 Å². The number of carbonyl (C=O) groups excluding carboxylic acids is 1. The van der Waals surface area contributed by atoms with Crippen LogP contribution in [0.4, 0.5) is 0 Å². The van der Waals surface area contributed by atoms with Crippen molar-refractivity contribution in [2.45, 2.75) is 17.4 Å². The minimum Gasteiger partial charge on any atom is -0.465 e.